The van der Waals surface area contributed by atoms with E-state index in [0.29, 0.717) is 0 Å². The number of nitrogens with one attached hydrogen (secondary N) is 1. The topological polar surface area (TPSA) is 49.3 Å². The molecule has 3 nitrogen and oxygen atoms in total. The first-order chi connectivity index (χ1) is 6.10. The number of fused-ring (bicyclic) bond motifs is 2. The Morgan fingerprint density at radius 3 is 2.38 bits per heavy atom. The van der Waals surface area contributed by atoms with E-state index in [-0.39, 0.29) is 11.0 Å². The van der Waals surface area contributed by atoms with Gasteiger partial charge in [0.1, 0.15) is 0 Å². The summed E-state index contributed by atoms with van der Waals surface area (Å²) in [5.41, 5.74) is 0.114. The molecule has 1 amide bonds. The van der Waals surface area contributed by atoms with Crippen molar-refractivity contribution < 1.29 is 9.90 Å². The van der Waals surface area contributed by atoms with Crippen molar-refractivity contribution in [1.29, 1.82) is 0 Å². The Morgan fingerprint density at radius 1 is 1.38 bits per heavy atom. The van der Waals surface area contributed by atoms with Crippen molar-refractivity contribution in [3.8, 4) is 0 Å². The molecule has 13 heavy (non-hydrogen) atoms. The van der Waals surface area contributed by atoms with Gasteiger partial charge in [0.05, 0.1) is 0 Å². The highest BCUT2D eigenvalue weighted by atomic mass is 16.4. The second kappa shape index (κ2) is 2.50. The molecule has 0 saturated heterocycles. The lowest BCUT2D eigenvalue weighted by molar-refractivity contribution is 0.177. The molecule has 2 aliphatic carbocycles. The van der Waals surface area contributed by atoms with E-state index in [4.69, 9.17) is 5.11 Å². The summed E-state index contributed by atoms with van der Waals surface area (Å²) in [7, 11) is 0. The van der Waals surface area contributed by atoms with E-state index in [1.54, 1.807) is 0 Å². The number of amides is 1. The number of allylic oxidation sites excluding steroid dienone is 1. The molecule has 0 unspecified atom stereocenters. The van der Waals surface area contributed by atoms with E-state index in [2.05, 4.69) is 11.9 Å². The number of hydrogen-bond acceptors (Lipinski definition) is 1. The molecule has 0 aliphatic heterocycles. The van der Waals surface area contributed by atoms with Crippen LogP contribution in [0.15, 0.2) is 12.7 Å². The van der Waals surface area contributed by atoms with E-state index in [1.165, 1.54) is 0 Å². The number of hydrogen-bond donors (Lipinski definition) is 2. The molecule has 2 saturated carbocycles. The van der Waals surface area contributed by atoms with Crippen LogP contribution in [0.25, 0.3) is 0 Å². The summed E-state index contributed by atoms with van der Waals surface area (Å²) in [4.78, 5) is 10.6. The van der Waals surface area contributed by atoms with Gasteiger partial charge in [0.2, 0.25) is 0 Å². The maximum absolute atomic E-state index is 10.6. The summed E-state index contributed by atoms with van der Waals surface area (Å²) in [6, 6.07) is 0. The van der Waals surface area contributed by atoms with Gasteiger partial charge in [-0.15, -0.1) is 6.58 Å². The zero-order valence-corrected chi connectivity index (χ0v) is 7.68. The second-order valence-electron chi connectivity index (χ2n) is 4.45. The minimum absolute atomic E-state index is 0.125. The van der Waals surface area contributed by atoms with Crippen LogP contribution in [0, 0.1) is 5.41 Å². The minimum Gasteiger partial charge on any atom is -0.465 e. The Morgan fingerprint density at radius 2 is 2.00 bits per heavy atom. The fourth-order valence-corrected chi connectivity index (χ4v) is 2.93. The standard InChI is InChI=1S/C10H15NO2/c1-2-9-3-5-10(7-9,6-4-9)11-8(12)13/h2,11H,1,3-7H2,(H,12,13). The van der Waals surface area contributed by atoms with Crippen molar-refractivity contribution in [3.05, 3.63) is 12.7 Å². The molecule has 0 atom stereocenters. The summed E-state index contributed by atoms with van der Waals surface area (Å²) in [6.07, 6.45) is 6.23. The molecule has 2 aliphatic rings. The summed E-state index contributed by atoms with van der Waals surface area (Å²) >= 11 is 0. The van der Waals surface area contributed by atoms with Crippen LogP contribution in [0.2, 0.25) is 0 Å². The predicted octanol–water partition coefficient (Wildman–Crippen LogP) is 2.14. The van der Waals surface area contributed by atoms with E-state index >= 15 is 0 Å². The molecule has 0 radical (unpaired) electrons. The first-order valence-electron chi connectivity index (χ1n) is 4.75. The molecular weight excluding hydrogens is 166 g/mol. The first-order valence-corrected chi connectivity index (χ1v) is 4.75. The average Bonchev–Trinajstić information content (AvgIpc) is 2.59. The van der Waals surface area contributed by atoms with Gasteiger partial charge in [-0.2, -0.15) is 0 Å². The van der Waals surface area contributed by atoms with Gasteiger partial charge >= 0.3 is 6.09 Å². The van der Waals surface area contributed by atoms with Gasteiger partial charge < -0.3 is 10.4 Å². The summed E-state index contributed by atoms with van der Waals surface area (Å²) in [6.45, 7) is 3.85. The van der Waals surface area contributed by atoms with E-state index in [9.17, 15) is 4.79 Å². The Bertz CT molecular complexity index is 252. The molecule has 2 fully saturated rings. The molecule has 2 rings (SSSR count). The van der Waals surface area contributed by atoms with Crippen molar-refractivity contribution in [2.45, 2.75) is 37.6 Å². The Balaban J connectivity index is 2.13. The monoisotopic (exact) mass is 181 g/mol. The summed E-state index contributed by atoms with van der Waals surface area (Å²) in [5.74, 6) is 0. The van der Waals surface area contributed by atoms with Gasteiger partial charge in [-0.05, 0) is 37.5 Å². The highest BCUT2D eigenvalue weighted by Crippen LogP contribution is 2.56. The third-order valence-electron chi connectivity index (χ3n) is 3.70. The van der Waals surface area contributed by atoms with Crippen LogP contribution in [-0.2, 0) is 0 Å². The fourth-order valence-electron chi connectivity index (χ4n) is 2.93. The third kappa shape index (κ3) is 1.23. The molecule has 0 aromatic carbocycles. The molecule has 2 bridgehead atoms. The quantitative estimate of drug-likeness (QED) is 0.641. The van der Waals surface area contributed by atoms with E-state index in [0.717, 1.165) is 32.1 Å². The average molecular weight is 181 g/mol. The zero-order valence-electron chi connectivity index (χ0n) is 7.68. The molecule has 2 N–H and O–H groups in total. The highest BCUT2D eigenvalue weighted by Gasteiger charge is 2.53. The van der Waals surface area contributed by atoms with Crippen LogP contribution in [0.3, 0.4) is 0 Å². The van der Waals surface area contributed by atoms with Crippen LogP contribution in [0.1, 0.15) is 32.1 Å². The van der Waals surface area contributed by atoms with Gasteiger partial charge in [0.25, 0.3) is 0 Å². The Labute approximate surface area is 77.8 Å². The van der Waals surface area contributed by atoms with Crippen LogP contribution < -0.4 is 5.32 Å². The van der Waals surface area contributed by atoms with Crippen molar-refractivity contribution in [2.75, 3.05) is 0 Å². The number of carboxylic acid groups (broad SMARTS) is 1. The summed E-state index contributed by atoms with van der Waals surface area (Å²) in [5, 5.41) is 11.4. The number of rotatable bonds is 2. The fraction of sp³-hybridized carbons (Fsp3) is 0.700. The third-order valence-corrected chi connectivity index (χ3v) is 3.70. The lowest BCUT2D eigenvalue weighted by Gasteiger charge is -2.26. The maximum Gasteiger partial charge on any atom is 0.405 e. The molecule has 0 aromatic heterocycles. The van der Waals surface area contributed by atoms with Crippen molar-refractivity contribution >= 4 is 6.09 Å². The van der Waals surface area contributed by atoms with Crippen LogP contribution >= 0.6 is 0 Å². The molecule has 72 valence electrons. The number of carbonyl (C=O) groups is 1. The Hall–Kier alpha value is -0.990. The highest BCUT2D eigenvalue weighted by molar-refractivity contribution is 5.66. The minimum atomic E-state index is -0.887. The van der Waals surface area contributed by atoms with Crippen LogP contribution in [0.5, 0.6) is 0 Å². The van der Waals surface area contributed by atoms with E-state index < -0.39 is 6.09 Å². The largest absolute Gasteiger partial charge is 0.465 e. The molecule has 0 heterocycles. The van der Waals surface area contributed by atoms with Gasteiger partial charge in [-0.25, -0.2) is 4.79 Å². The molecular formula is C10H15NO2. The molecule has 0 aromatic rings. The van der Waals surface area contributed by atoms with Crippen molar-refractivity contribution in [3.63, 3.8) is 0 Å². The zero-order chi connectivity index (χ0) is 9.53. The Kier molecular flexibility index (Phi) is 1.65. The van der Waals surface area contributed by atoms with Gasteiger partial charge in [0.15, 0.2) is 0 Å². The van der Waals surface area contributed by atoms with Gasteiger partial charge in [-0.1, -0.05) is 6.08 Å². The first kappa shape index (κ1) is 8.60. The molecule has 0 spiro atoms. The van der Waals surface area contributed by atoms with Crippen molar-refractivity contribution in [2.24, 2.45) is 5.41 Å². The van der Waals surface area contributed by atoms with Crippen molar-refractivity contribution in [1.82, 2.24) is 5.32 Å². The van der Waals surface area contributed by atoms with Crippen LogP contribution in [0.4, 0.5) is 4.79 Å². The lowest BCUT2D eigenvalue weighted by Crippen LogP contribution is -2.44. The van der Waals surface area contributed by atoms with Gasteiger partial charge in [0, 0.05) is 5.54 Å². The normalized spacial score (nSPS) is 41.8. The maximum atomic E-state index is 10.6. The van der Waals surface area contributed by atoms with Gasteiger partial charge in [-0.3, -0.25) is 0 Å². The van der Waals surface area contributed by atoms with Crippen LogP contribution in [-0.4, -0.2) is 16.7 Å². The lowest BCUT2D eigenvalue weighted by atomic mass is 9.84. The smallest absolute Gasteiger partial charge is 0.405 e. The van der Waals surface area contributed by atoms with E-state index in [1.807, 2.05) is 6.08 Å². The summed E-state index contributed by atoms with van der Waals surface area (Å²) < 4.78 is 0. The molecule has 3 heteroatoms. The predicted molar refractivity (Wildman–Crippen MR) is 49.6 cm³/mol. The second-order valence-corrected chi connectivity index (χ2v) is 4.45. The SMILES string of the molecule is C=CC12CCC(NC(=O)O)(CC1)C2.